The average Bonchev–Trinajstić information content (AvgIpc) is 3.57. The first kappa shape index (κ1) is 29.5. The van der Waals surface area contributed by atoms with Crippen LogP contribution < -0.4 is 0 Å². The van der Waals surface area contributed by atoms with Crippen LogP contribution in [0.2, 0.25) is 0 Å². The van der Waals surface area contributed by atoms with E-state index in [9.17, 15) is 0 Å². The number of rotatable bonds is 4. The Morgan fingerprint density at radius 2 is 0.922 bits per heavy atom. The van der Waals surface area contributed by atoms with E-state index in [1.165, 1.54) is 93.3 Å². The first-order valence-corrected chi connectivity index (χ1v) is 17.7. The van der Waals surface area contributed by atoms with Crippen LogP contribution in [0.25, 0.3) is 98.8 Å². The van der Waals surface area contributed by atoms with Crippen LogP contribution in [0.15, 0.2) is 174 Å². The van der Waals surface area contributed by atoms with Crippen LogP contribution in [-0.4, -0.2) is 0 Å². The third-order valence-corrected chi connectivity index (χ3v) is 10.8. The summed E-state index contributed by atoms with van der Waals surface area (Å²) in [6.07, 6.45) is 0. The van der Waals surface area contributed by atoms with Crippen molar-refractivity contribution in [2.45, 2.75) is 13.8 Å². The highest BCUT2D eigenvalue weighted by Gasteiger charge is 2.18. The second kappa shape index (κ2) is 11.6. The number of benzene rings is 9. The highest BCUT2D eigenvalue weighted by Crippen LogP contribution is 2.45. The summed E-state index contributed by atoms with van der Waals surface area (Å²) in [4.78, 5) is 0. The third-order valence-electron chi connectivity index (χ3n) is 10.8. The highest BCUT2D eigenvalue weighted by atomic mass is 16.3. The van der Waals surface area contributed by atoms with Gasteiger partial charge < -0.3 is 4.42 Å². The number of furan rings is 1. The first-order chi connectivity index (χ1) is 25.1. The Morgan fingerprint density at radius 3 is 1.65 bits per heavy atom. The van der Waals surface area contributed by atoms with E-state index in [2.05, 4.69) is 178 Å². The van der Waals surface area contributed by atoms with Gasteiger partial charge in [-0.2, -0.15) is 0 Å². The maximum atomic E-state index is 6.39. The lowest BCUT2D eigenvalue weighted by molar-refractivity contribution is 0.666. The molecule has 1 heteroatoms. The lowest BCUT2D eigenvalue weighted by atomic mass is 9.85. The third kappa shape index (κ3) is 4.70. The van der Waals surface area contributed by atoms with Gasteiger partial charge in [0.05, 0.1) is 0 Å². The minimum Gasteiger partial charge on any atom is -0.456 e. The normalized spacial score (nSPS) is 11.7. The van der Waals surface area contributed by atoms with Gasteiger partial charge >= 0.3 is 0 Å². The lowest BCUT2D eigenvalue weighted by Gasteiger charge is -2.18. The van der Waals surface area contributed by atoms with Crippen molar-refractivity contribution < 1.29 is 4.42 Å². The van der Waals surface area contributed by atoms with E-state index in [1.807, 2.05) is 6.07 Å². The van der Waals surface area contributed by atoms with Crippen molar-refractivity contribution >= 4 is 54.3 Å². The summed E-state index contributed by atoms with van der Waals surface area (Å²) in [5.74, 6) is 0. The summed E-state index contributed by atoms with van der Waals surface area (Å²) in [6, 6.07) is 62.0. The van der Waals surface area contributed by atoms with Gasteiger partial charge in [0, 0.05) is 16.3 Å². The molecule has 1 heterocycles. The van der Waals surface area contributed by atoms with E-state index in [0.29, 0.717) is 0 Å². The van der Waals surface area contributed by atoms with Crippen molar-refractivity contribution in [1.82, 2.24) is 0 Å². The van der Waals surface area contributed by atoms with E-state index in [0.717, 1.165) is 16.6 Å². The molecule has 0 bridgehead atoms. The molecule has 10 rings (SSSR count). The van der Waals surface area contributed by atoms with Gasteiger partial charge in [0.15, 0.2) is 0 Å². The summed E-state index contributed by atoms with van der Waals surface area (Å²) in [5.41, 5.74) is 14.1. The Balaban J connectivity index is 1.14. The number of hydrogen-bond acceptors (Lipinski definition) is 1. The summed E-state index contributed by atoms with van der Waals surface area (Å²) >= 11 is 0. The molecule has 0 saturated carbocycles. The van der Waals surface area contributed by atoms with Crippen LogP contribution in [-0.2, 0) is 0 Å². The molecule has 0 amide bonds. The molecule has 0 N–H and O–H groups in total. The molecule has 0 atom stereocenters. The summed E-state index contributed by atoms with van der Waals surface area (Å²) < 4.78 is 6.39. The monoisotopic (exact) mass is 650 g/mol. The van der Waals surface area contributed by atoms with Crippen LogP contribution in [0.3, 0.4) is 0 Å². The quantitative estimate of drug-likeness (QED) is 0.173. The second-order valence-corrected chi connectivity index (χ2v) is 13.7. The lowest BCUT2D eigenvalue weighted by Crippen LogP contribution is -1.92. The summed E-state index contributed by atoms with van der Waals surface area (Å²) in [5, 5.41) is 9.89. The van der Waals surface area contributed by atoms with Crippen molar-refractivity contribution in [3.05, 3.63) is 181 Å². The molecule has 0 fully saturated rings. The van der Waals surface area contributed by atoms with Gasteiger partial charge in [-0.15, -0.1) is 0 Å². The molecule has 1 aromatic heterocycles. The average molecular weight is 651 g/mol. The van der Waals surface area contributed by atoms with Gasteiger partial charge in [-0.25, -0.2) is 0 Å². The van der Waals surface area contributed by atoms with Gasteiger partial charge in [-0.1, -0.05) is 140 Å². The molecular formula is C50H34O. The van der Waals surface area contributed by atoms with E-state index in [-0.39, 0.29) is 0 Å². The largest absolute Gasteiger partial charge is 0.456 e. The Hall–Kier alpha value is -6.44. The van der Waals surface area contributed by atoms with Gasteiger partial charge in [0.1, 0.15) is 11.2 Å². The van der Waals surface area contributed by atoms with E-state index in [4.69, 9.17) is 4.42 Å². The van der Waals surface area contributed by atoms with E-state index >= 15 is 0 Å². The predicted octanol–water partition coefficient (Wildman–Crippen LogP) is 14.3. The van der Waals surface area contributed by atoms with Crippen molar-refractivity contribution in [3.63, 3.8) is 0 Å². The highest BCUT2D eigenvalue weighted by molar-refractivity contribution is 6.22. The Morgan fingerprint density at radius 1 is 0.353 bits per heavy atom. The predicted molar refractivity (Wildman–Crippen MR) is 217 cm³/mol. The molecular weight excluding hydrogens is 617 g/mol. The van der Waals surface area contributed by atoms with E-state index in [1.54, 1.807) is 0 Å². The van der Waals surface area contributed by atoms with Crippen molar-refractivity contribution in [2.24, 2.45) is 0 Å². The van der Waals surface area contributed by atoms with Crippen LogP contribution in [0, 0.1) is 13.8 Å². The molecule has 0 saturated heterocycles. The molecule has 10 aromatic rings. The van der Waals surface area contributed by atoms with Crippen molar-refractivity contribution in [3.8, 4) is 44.5 Å². The maximum absolute atomic E-state index is 6.39. The van der Waals surface area contributed by atoms with E-state index < -0.39 is 0 Å². The summed E-state index contributed by atoms with van der Waals surface area (Å²) in [6.45, 7) is 4.39. The van der Waals surface area contributed by atoms with Crippen LogP contribution in [0.4, 0.5) is 0 Å². The zero-order valence-corrected chi connectivity index (χ0v) is 28.6. The number of para-hydroxylation sites is 1. The SMILES string of the molecule is Cc1ccc(-c2cccc(-c3c4ccccc4c(-c4ccc5ccccc5c4)c4ccccc34)c2)cc1-c1ccc2c(oc3ccccc32)c1C. The van der Waals surface area contributed by atoms with Crippen LogP contribution in [0.5, 0.6) is 0 Å². The first-order valence-electron chi connectivity index (χ1n) is 17.7. The Bertz CT molecular complexity index is 2940. The molecule has 240 valence electrons. The maximum Gasteiger partial charge on any atom is 0.138 e. The minimum atomic E-state index is 0.931. The standard InChI is InChI=1S/C50H34O/c1-31-22-23-36(30-46(31)39-26-27-45-40-16-9-10-21-47(40)51-50(45)32(39)2)35-14-11-15-37(29-35)48-41-17-5-7-19-43(41)49(44-20-8-6-18-42(44)48)38-25-24-33-12-3-4-13-34(33)28-38/h3-30H,1-2H3. The van der Waals surface area contributed by atoms with Gasteiger partial charge in [0.2, 0.25) is 0 Å². The van der Waals surface area contributed by atoms with Crippen molar-refractivity contribution in [2.75, 3.05) is 0 Å². The molecule has 9 aromatic carbocycles. The zero-order chi connectivity index (χ0) is 34.1. The molecule has 0 radical (unpaired) electrons. The van der Waals surface area contributed by atoms with Crippen LogP contribution in [0.1, 0.15) is 11.1 Å². The second-order valence-electron chi connectivity index (χ2n) is 13.7. The van der Waals surface area contributed by atoms with Gasteiger partial charge in [-0.05, 0) is 127 Å². The fraction of sp³-hybridized carbons (Fsp3) is 0.0400. The van der Waals surface area contributed by atoms with Gasteiger partial charge in [-0.3, -0.25) is 0 Å². The molecule has 1 nitrogen and oxygen atoms in total. The molecule has 51 heavy (non-hydrogen) atoms. The molecule has 0 unspecified atom stereocenters. The number of hydrogen-bond donors (Lipinski definition) is 0. The summed E-state index contributed by atoms with van der Waals surface area (Å²) in [7, 11) is 0. The molecule has 0 aliphatic heterocycles. The van der Waals surface area contributed by atoms with Gasteiger partial charge in [0.25, 0.3) is 0 Å². The number of fused-ring (bicyclic) bond motifs is 6. The Labute approximate surface area is 297 Å². The van der Waals surface area contributed by atoms with Crippen molar-refractivity contribution in [1.29, 1.82) is 0 Å². The van der Waals surface area contributed by atoms with Crippen LogP contribution >= 0.6 is 0 Å². The fourth-order valence-corrected chi connectivity index (χ4v) is 8.26. The molecule has 0 aliphatic rings. The topological polar surface area (TPSA) is 13.1 Å². The number of aryl methyl sites for hydroxylation is 2. The fourth-order valence-electron chi connectivity index (χ4n) is 8.26. The molecule has 0 aliphatic carbocycles. The molecule has 0 spiro atoms. The minimum absolute atomic E-state index is 0.931. The Kier molecular flexibility index (Phi) is 6.69. The zero-order valence-electron chi connectivity index (χ0n) is 28.6. The smallest absolute Gasteiger partial charge is 0.138 e.